The first kappa shape index (κ1) is 74.4. The molecule has 78 heavy (non-hydrogen) atoms. The zero-order chi connectivity index (χ0) is 56.9. The van der Waals surface area contributed by atoms with E-state index in [0.717, 1.165) is 83.5 Å². The smallest absolute Gasteiger partial charge is 0.462 e. The van der Waals surface area contributed by atoms with Gasteiger partial charge in [0.25, 0.3) is 0 Å². The summed E-state index contributed by atoms with van der Waals surface area (Å²) in [5.74, 6) is -1.61. The van der Waals surface area contributed by atoms with Crippen molar-refractivity contribution in [2.75, 3.05) is 26.4 Å². The Morgan fingerprint density at radius 3 is 1.17 bits per heavy atom. The molecule has 0 aliphatic rings. The van der Waals surface area contributed by atoms with Crippen molar-refractivity contribution in [2.24, 2.45) is 0 Å². The van der Waals surface area contributed by atoms with E-state index >= 15 is 0 Å². The summed E-state index contributed by atoms with van der Waals surface area (Å²) in [4.78, 5) is 48.6. The molecule has 0 amide bonds. The summed E-state index contributed by atoms with van der Waals surface area (Å²) in [5.41, 5.74) is 0. The highest BCUT2D eigenvalue weighted by Crippen LogP contribution is 2.43. The van der Waals surface area contributed by atoms with Gasteiger partial charge in [-0.15, -0.1) is 0 Å². The van der Waals surface area contributed by atoms with E-state index in [9.17, 15) is 28.9 Å². The maximum Gasteiger partial charge on any atom is 0.472 e. The standard InChI is InChI=1S/C66H113O11P/c1-4-7-10-13-16-19-22-25-28-30-31-33-35-37-40-43-46-49-52-55-64(68)73-59-63(77-66(70)57-54-51-48-45-42-39-36-32-29-26-23-20-17-14-11-8-5-2)61-75-78(71,72)74-60-62(58-67)76-65(69)56-53-50-47-44-41-38-34-27-24-21-18-15-12-9-6-3/h9,12,17-18,20-21,25-29,34,41,44,50,53,62-63,67H,4-8,10-11,13-16,19,22-24,30-33,35-40,42-43,45-49,51-52,54-61H2,1-3H3,(H,71,72)/b12-9-,20-17-,21-18-,28-25-,29-26-,34-27-,44-41-,53-50-. The Labute approximate surface area is 476 Å². The molecule has 12 heteroatoms. The van der Waals surface area contributed by atoms with Crippen LogP contribution in [0.4, 0.5) is 0 Å². The molecular formula is C66H113O11P. The van der Waals surface area contributed by atoms with Gasteiger partial charge in [-0.1, -0.05) is 240 Å². The number of aliphatic hydroxyl groups excluding tert-OH is 1. The van der Waals surface area contributed by atoms with Crippen LogP contribution in [0.5, 0.6) is 0 Å². The number of unbranched alkanes of at least 4 members (excludes halogenated alkanes) is 25. The van der Waals surface area contributed by atoms with Crippen LogP contribution in [0.2, 0.25) is 0 Å². The third-order valence-electron chi connectivity index (χ3n) is 13.0. The number of hydrogen-bond acceptors (Lipinski definition) is 10. The van der Waals surface area contributed by atoms with Crippen molar-refractivity contribution in [3.8, 4) is 0 Å². The Hall–Kier alpha value is -3.60. The molecule has 0 bridgehead atoms. The highest BCUT2D eigenvalue weighted by atomic mass is 31.2. The number of aliphatic hydroxyl groups is 1. The quantitative estimate of drug-likeness (QED) is 0.0197. The van der Waals surface area contributed by atoms with Crippen LogP contribution in [0.15, 0.2) is 97.2 Å². The van der Waals surface area contributed by atoms with Crippen molar-refractivity contribution in [3.05, 3.63) is 97.2 Å². The highest BCUT2D eigenvalue weighted by molar-refractivity contribution is 7.47. The molecule has 0 aromatic heterocycles. The molecule has 0 radical (unpaired) electrons. The molecule has 0 rings (SSSR count). The molecule has 2 N–H and O–H groups in total. The molecule has 0 aliphatic heterocycles. The monoisotopic (exact) mass is 1110 g/mol. The highest BCUT2D eigenvalue weighted by Gasteiger charge is 2.28. The number of rotatable bonds is 57. The number of phosphoric acid groups is 1. The fourth-order valence-corrected chi connectivity index (χ4v) is 9.06. The van der Waals surface area contributed by atoms with E-state index in [0.29, 0.717) is 19.3 Å². The first-order valence-electron chi connectivity index (χ1n) is 31.1. The Balaban J connectivity index is 4.79. The Morgan fingerprint density at radius 1 is 0.385 bits per heavy atom. The van der Waals surface area contributed by atoms with Gasteiger partial charge in [0.15, 0.2) is 6.10 Å². The number of carbonyl (C=O) groups is 3. The molecule has 0 aliphatic carbocycles. The molecule has 0 spiro atoms. The number of phosphoric ester groups is 1. The minimum absolute atomic E-state index is 0.0585. The molecule has 448 valence electrons. The molecule has 0 aromatic rings. The summed E-state index contributed by atoms with van der Waals surface area (Å²) >= 11 is 0. The van der Waals surface area contributed by atoms with Gasteiger partial charge in [-0.2, -0.15) is 0 Å². The van der Waals surface area contributed by atoms with Gasteiger partial charge in [-0.25, -0.2) is 4.57 Å². The average Bonchev–Trinajstić information content (AvgIpc) is 3.43. The van der Waals surface area contributed by atoms with Crippen LogP contribution in [0, 0.1) is 0 Å². The lowest BCUT2D eigenvalue weighted by atomic mass is 10.1. The van der Waals surface area contributed by atoms with Gasteiger partial charge in [0.2, 0.25) is 0 Å². The topological polar surface area (TPSA) is 155 Å². The summed E-state index contributed by atoms with van der Waals surface area (Å²) in [7, 11) is -4.78. The lowest BCUT2D eigenvalue weighted by Gasteiger charge is -2.21. The van der Waals surface area contributed by atoms with Gasteiger partial charge in [-0.05, 0) is 103 Å². The largest absolute Gasteiger partial charge is 0.472 e. The lowest BCUT2D eigenvalue weighted by Crippen LogP contribution is -2.30. The molecule has 3 unspecified atom stereocenters. The van der Waals surface area contributed by atoms with Crippen molar-refractivity contribution >= 4 is 25.7 Å². The van der Waals surface area contributed by atoms with E-state index in [2.05, 4.69) is 93.7 Å². The van der Waals surface area contributed by atoms with Gasteiger partial charge in [0.1, 0.15) is 12.7 Å². The number of ether oxygens (including phenoxy) is 3. The maximum atomic E-state index is 12.9. The lowest BCUT2D eigenvalue weighted by molar-refractivity contribution is -0.161. The average molecular weight is 1110 g/mol. The van der Waals surface area contributed by atoms with Crippen LogP contribution in [0.1, 0.15) is 265 Å². The third kappa shape index (κ3) is 57.1. The molecule has 0 saturated carbocycles. The third-order valence-corrected chi connectivity index (χ3v) is 13.9. The molecule has 3 atom stereocenters. The first-order chi connectivity index (χ1) is 38.2. The predicted molar refractivity (Wildman–Crippen MR) is 325 cm³/mol. The zero-order valence-corrected chi connectivity index (χ0v) is 50.5. The molecular weight excluding hydrogens is 1000 g/mol. The van der Waals surface area contributed by atoms with Gasteiger partial charge in [0, 0.05) is 12.8 Å². The van der Waals surface area contributed by atoms with Gasteiger partial charge < -0.3 is 24.2 Å². The summed E-state index contributed by atoms with van der Waals surface area (Å²) in [5, 5.41) is 9.81. The summed E-state index contributed by atoms with van der Waals surface area (Å²) in [6.45, 7) is 4.40. The van der Waals surface area contributed by atoms with Crippen LogP contribution < -0.4 is 0 Å². The number of allylic oxidation sites excluding steroid dienone is 15. The second-order valence-electron chi connectivity index (χ2n) is 20.5. The maximum absolute atomic E-state index is 12.9. The van der Waals surface area contributed by atoms with Crippen LogP contribution in [-0.4, -0.2) is 66.5 Å². The van der Waals surface area contributed by atoms with Crippen LogP contribution >= 0.6 is 7.82 Å². The van der Waals surface area contributed by atoms with Crippen molar-refractivity contribution in [2.45, 2.75) is 277 Å². The van der Waals surface area contributed by atoms with Crippen molar-refractivity contribution in [1.29, 1.82) is 0 Å². The zero-order valence-electron chi connectivity index (χ0n) is 49.6. The second-order valence-corrected chi connectivity index (χ2v) is 22.0. The summed E-state index contributed by atoms with van der Waals surface area (Å²) in [6.07, 6.45) is 71.0. The fourth-order valence-electron chi connectivity index (χ4n) is 8.28. The Kier molecular flexibility index (Phi) is 56.8. The molecule has 0 saturated heterocycles. The van der Waals surface area contributed by atoms with Crippen LogP contribution in [0.3, 0.4) is 0 Å². The van der Waals surface area contributed by atoms with E-state index < -0.39 is 57.8 Å². The number of esters is 3. The van der Waals surface area contributed by atoms with Gasteiger partial charge >= 0.3 is 25.7 Å². The van der Waals surface area contributed by atoms with Crippen LogP contribution in [0.25, 0.3) is 0 Å². The SMILES string of the molecule is CC/C=C\C/C=C\C/C=C\C/C=C\C/C=C\CC(=O)OC(CO)COP(=O)(O)OCC(COC(=O)CCCCCCCCCCC/C=C\CCCCCCCC)OC(=O)CCCCCCCCC/C=C\C/C=C\CCCCC. The molecule has 11 nitrogen and oxygen atoms in total. The predicted octanol–water partition coefficient (Wildman–Crippen LogP) is 18.8. The summed E-state index contributed by atoms with van der Waals surface area (Å²) < 4.78 is 39.5. The fraction of sp³-hybridized carbons (Fsp3) is 0.712. The Morgan fingerprint density at radius 2 is 0.718 bits per heavy atom. The Bertz CT molecular complexity index is 1680. The minimum atomic E-state index is -4.78. The number of hydrogen-bond donors (Lipinski definition) is 2. The van der Waals surface area contributed by atoms with E-state index in [1.807, 2.05) is 18.2 Å². The van der Waals surface area contributed by atoms with E-state index in [1.165, 1.54) is 122 Å². The van der Waals surface area contributed by atoms with Crippen molar-refractivity contribution in [1.82, 2.24) is 0 Å². The van der Waals surface area contributed by atoms with E-state index in [-0.39, 0.29) is 25.9 Å². The van der Waals surface area contributed by atoms with Crippen molar-refractivity contribution < 1.29 is 52.2 Å². The van der Waals surface area contributed by atoms with E-state index in [1.54, 1.807) is 6.08 Å². The normalized spacial score (nSPS) is 14.0. The minimum Gasteiger partial charge on any atom is -0.462 e. The second kappa shape index (κ2) is 59.5. The van der Waals surface area contributed by atoms with Crippen LogP contribution in [-0.2, 0) is 42.2 Å². The summed E-state index contributed by atoms with van der Waals surface area (Å²) in [6, 6.07) is 0. The first-order valence-corrected chi connectivity index (χ1v) is 32.6. The van der Waals surface area contributed by atoms with E-state index in [4.69, 9.17) is 23.3 Å². The van der Waals surface area contributed by atoms with Crippen molar-refractivity contribution in [3.63, 3.8) is 0 Å². The molecule has 0 aromatic carbocycles. The van der Waals surface area contributed by atoms with Gasteiger partial charge in [0.05, 0.1) is 26.2 Å². The van der Waals surface area contributed by atoms with Gasteiger partial charge in [-0.3, -0.25) is 23.4 Å². The molecule has 0 heterocycles. The number of carbonyl (C=O) groups excluding carboxylic acids is 3. The molecule has 0 fully saturated rings.